The van der Waals surface area contributed by atoms with Crippen LogP contribution in [0.5, 0.6) is 11.5 Å². The Labute approximate surface area is 125 Å². The molecule has 0 amide bonds. The minimum absolute atomic E-state index is 0.336. The van der Waals surface area contributed by atoms with Crippen molar-refractivity contribution in [3.8, 4) is 11.5 Å². The number of hydrogen-bond acceptors (Lipinski definition) is 2. The highest BCUT2D eigenvalue weighted by Crippen LogP contribution is 2.39. The highest BCUT2D eigenvalue weighted by molar-refractivity contribution is 9.09. The van der Waals surface area contributed by atoms with Gasteiger partial charge in [0.25, 0.3) is 0 Å². The molecule has 1 aromatic rings. The molecular weight excluding hydrogens is 304 g/mol. The van der Waals surface area contributed by atoms with Gasteiger partial charge in [0.15, 0.2) is 11.5 Å². The summed E-state index contributed by atoms with van der Waals surface area (Å²) in [5.74, 6) is 2.85. The van der Waals surface area contributed by atoms with E-state index in [1.165, 1.54) is 5.56 Å². The van der Waals surface area contributed by atoms with E-state index in [2.05, 4.69) is 48.8 Å². The van der Waals surface area contributed by atoms with Gasteiger partial charge in [-0.1, -0.05) is 42.8 Å². The molecule has 0 saturated heterocycles. The van der Waals surface area contributed by atoms with E-state index in [9.17, 15) is 0 Å². The fourth-order valence-corrected chi connectivity index (χ4v) is 2.78. The van der Waals surface area contributed by atoms with Gasteiger partial charge in [-0.15, -0.1) is 0 Å². The van der Waals surface area contributed by atoms with Crippen LogP contribution in [-0.2, 0) is 0 Å². The molecule has 3 heteroatoms. The molecule has 2 nitrogen and oxygen atoms in total. The molecule has 2 atom stereocenters. The maximum atomic E-state index is 5.67. The van der Waals surface area contributed by atoms with Crippen molar-refractivity contribution in [1.82, 2.24) is 0 Å². The molecule has 0 radical (unpaired) electrons. The molecule has 0 fully saturated rings. The van der Waals surface area contributed by atoms with Crippen molar-refractivity contribution in [3.63, 3.8) is 0 Å². The van der Waals surface area contributed by atoms with E-state index < -0.39 is 0 Å². The van der Waals surface area contributed by atoms with Crippen molar-refractivity contribution in [2.45, 2.75) is 39.4 Å². The Morgan fingerprint density at radius 1 is 1.00 bits per heavy atom. The SMILES string of the molecule is CCOc1ccc(C(Br)C(C)C(C)C)cc1OCC. The standard InChI is InChI=1S/C16H25BrO2/c1-6-18-14-9-8-13(10-15(14)19-7-2)16(17)12(5)11(3)4/h8-12,16H,6-7H2,1-5H3. The zero-order chi connectivity index (χ0) is 14.4. The number of halogens is 1. The summed E-state index contributed by atoms with van der Waals surface area (Å²) in [6.07, 6.45) is 0. The number of rotatable bonds is 7. The van der Waals surface area contributed by atoms with Crippen molar-refractivity contribution in [1.29, 1.82) is 0 Å². The summed E-state index contributed by atoms with van der Waals surface area (Å²) in [5.41, 5.74) is 1.24. The average molecular weight is 329 g/mol. The predicted octanol–water partition coefficient (Wildman–Crippen LogP) is 5.21. The summed E-state index contributed by atoms with van der Waals surface area (Å²) in [7, 11) is 0. The molecule has 0 N–H and O–H groups in total. The lowest BCUT2D eigenvalue weighted by Crippen LogP contribution is -2.10. The number of hydrogen-bond donors (Lipinski definition) is 0. The molecule has 0 aromatic heterocycles. The lowest BCUT2D eigenvalue weighted by Gasteiger charge is -2.23. The van der Waals surface area contributed by atoms with Crippen LogP contribution in [0.1, 0.15) is 45.0 Å². The first-order valence-corrected chi connectivity index (χ1v) is 7.96. The summed E-state index contributed by atoms with van der Waals surface area (Å²) in [6.45, 7) is 12.0. The summed E-state index contributed by atoms with van der Waals surface area (Å²) in [4.78, 5) is 0.336. The predicted molar refractivity (Wildman–Crippen MR) is 84.5 cm³/mol. The lowest BCUT2D eigenvalue weighted by molar-refractivity contribution is 0.287. The number of benzene rings is 1. The van der Waals surface area contributed by atoms with E-state index in [1.54, 1.807) is 0 Å². The Morgan fingerprint density at radius 3 is 2.11 bits per heavy atom. The molecule has 2 unspecified atom stereocenters. The average Bonchev–Trinajstić information content (AvgIpc) is 2.39. The van der Waals surface area contributed by atoms with E-state index in [1.807, 2.05) is 19.9 Å². The minimum Gasteiger partial charge on any atom is -0.490 e. The third-order valence-electron chi connectivity index (χ3n) is 3.40. The number of alkyl halides is 1. The van der Waals surface area contributed by atoms with Crippen LogP contribution in [0.2, 0.25) is 0 Å². The summed E-state index contributed by atoms with van der Waals surface area (Å²) in [6, 6.07) is 6.21. The van der Waals surface area contributed by atoms with Gasteiger partial charge in [-0.05, 0) is 43.4 Å². The monoisotopic (exact) mass is 328 g/mol. The van der Waals surface area contributed by atoms with Crippen molar-refractivity contribution in [3.05, 3.63) is 23.8 Å². The molecule has 0 spiro atoms. The van der Waals surface area contributed by atoms with Gasteiger partial charge in [0.2, 0.25) is 0 Å². The molecule has 1 rings (SSSR count). The van der Waals surface area contributed by atoms with Crippen LogP contribution < -0.4 is 9.47 Å². The van der Waals surface area contributed by atoms with Crippen molar-refractivity contribution in [2.75, 3.05) is 13.2 Å². The van der Waals surface area contributed by atoms with Crippen LogP contribution in [0.15, 0.2) is 18.2 Å². The summed E-state index contributed by atoms with van der Waals surface area (Å²) >= 11 is 3.80. The molecule has 0 aliphatic heterocycles. The molecule has 1 aromatic carbocycles. The molecule has 0 aliphatic rings. The van der Waals surface area contributed by atoms with Gasteiger partial charge in [-0.25, -0.2) is 0 Å². The second-order valence-corrected chi connectivity index (χ2v) is 6.06. The second kappa shape index (κ2) is 7.78. The Balaban J connectivity index is 3.00. The largest absolute Gasteiger partial charge is 0.490 e. The van der Waals surface area contributed by atoms with Gasteiger partial charge in [0.1, 0.15) is 0 Å². The van der Waals surface area contributed by atoms with E-state index in [0.717, 1.165) is 11.5 Å². The third kappa shape index (κ3) is 4.41. The fraction of sp³-hybridized carbons (Fsp3) is 0.625. The second-order valence-electron chi connectivity index (χ2n) is 5.08. The first-order chi connectivity index (χ1) is 9.01. The van der Waals surface area contributed by atoms with Crippen LogP contribution in [0.3, 0.4) is 0 Å². The van der Waals surface area contributed by atoms with Crippen LogP contribution >= 0.6 is 15.9 Å². The maximum absolute atomic E-state index is 5.67. The van der Waals surface area contributed by atoms with E-state index in [4.69, 9.17) is 9.47 Å². The Hall–Kier alpha value is -0.700. The zero-order valence-corrected chi connectivity index (χ0v) is 14.2. The van der Waals surface area contributed by atoms with Crippen LogP contribution in [0, 0.1) is 11.8 Å². The first kappa shape index (κ1) is 16.4. The lowest BCUT2D eigenvalue weighted by atomic mass is 9.91. The molecular formula is C16H25BrO2. The normalized spacial score (nSPS) is 14.3. The van der Waals surface area contributed by atoms with Crippen molar-refractivity contribution < 1.29 is 9.47 Å². The first-order valence-electron chi connectivity index (χ1n) is 7.04. The Morgan fingerprint density at radius 2 is 1.58 bits per heavy atom. The zero-order valence-electron chi connectivity index (χ0n) is 12.6. The molecule has 108 valence electrons. The van der Waals surface area contributed by atoms with Gasteiger partial charge < -0.3 is 9.47 Å². The van der Waals surface area contributed by atoms with Crippen LogP contribution in [0.25, 0.3) is 0 Å². The minimum atomic E-state index is 0.336. The molecule has 0 bridgehead atoms. The van der Waals surface area contributed by atoms with E-state index in [-0.39, 0.29) is 0 Å². The van der Waals surface area contributed by atoms with Gasteiger partial charge >= 0.3 is 0 Å². The molecule has 0 saturated carbocycles. The van der Waals surface area contributed by atoms with Crippen LogP contribution in [-0.4, -0.2) is 13.2 Å². The topological polar surface area (TPSA) is 18.5 Å². The molecule has 19 heavy (non-hydrogen) atoms. The highest BCUT2D eigenvalue weighted by Gasteiger charge is 2.20. The third-order valence-corrected chi connectivity index (χ3v) is 4.76. The number of ether oxygens (including phenoxy) is 2. The molecule has 0 aliphatic carbocycles. The molecule has 0 heterocycles. The highest BCUT2D eigenvalue weighted by atomic mass is 79.9. The van der Waals surface area contributed by atoms with Gasteiger partial charge in [0, 0.05) is 4.83 Å². The van der Waals surface area contributed by atoms with Crippen molar-refractivity contribution >= 4 is 15.9 Å². The smallest absolute Gasteiger partial charge is 0.161 e. The summed E-state index contributed by atoms with van der Waals surface area (Å²) < 4.78 is 11.3. The Bertz CT molecular complexity index is 390. The van der Waals surface area contributed by atoms with E-state index >= 15 is 0 Å². The van der Waals surface area contributed by atoms with Gasteiger partial charge in [0.05, 0.1) is 13.2 Å². The van der Waals surface area contributed by atoms with Crippen molar-refractivity contribution in [2.24, 2.45) is 11.8 Å². The van der Waals surface area contributed by atoms with Gasteiger partial charge in [-0.3, -0.25) is 0 Å². The summed E-state index contributed by atoms with van der Waals surface area (Å²) in [5, 5.41) is 0. The maximum Gasteiger partial charge on any atom is 0.161 e. The quantitative estimate of drug-likeness (QED) is 0.639. The Kier molecular flexibility index (Phi) is 6.70. The van der Waals surface area contributed by atoms with Crippen LogP contribution in [0.4, 0.5) is 0 Å². The van der Waals surface area contributed by atoms with E-state index in [0.29, 0.717) is 29.9 Å². The fourth-order valence-electron chi connectivity index (χ4n) is 1.88. The van der Waals surface area contributed by atoms with Gasteiger partial charge in [-0.2, -0.15) is 0 Å².